The number of rotatable bonds is 5. The highest BCUT2D eigenvalue weighted by molar-refractivity contribution is 5.85. The van der Waals surface area contributed by atoms with E-state index in [-0.39, 0.29) is 12.4 Å². The van der Waals surface area contributed by atoms with Crippen LogP contribution in [0.2, 0.25) is 0 Å². The topological polar surface area (TPSA) is 18.5 Å². The lowest BCUT2D eigenvalue weighted by atomic mass is 9.83. The number of likely N-dealkylation sites (tertiary alicyclic amines) is 1. The average Bonchev–Trinajstić information content (AvgIpc) is 2.56. The molecule has 2 saturated heterocycles. The minimum absolute atomic E-state index is 0. The molecule has 0 amide bonds. The number of nitrogens with one attached hydrogen (secondary N) is 1. The van der Waals surface area contributed by atoms with E-state index in [0.717, 1.165) is 30.3 Å². The Morgan fingerprint density at radius 3 is 2.24 bits per heavy atom. The maximum absolute atomic E-state index is 3.49. The Kier molecular flexibility index (Phi) is 8.21. The van der Waals surface area contributed by atoms with Crippen molar-refractivity contribution in [3.63, 3.8) is 0 Å². The molecule has 1 aromatic rings. The second-order valence-corrected chi connectivity index (χ2v) is 8.26. The van der Waals surface area contributed by atoms with Crippen molar-refractivity contribution in [1.82, 2.24) is 15.1 Å². The summed E-state index contributed by atoms with van der Waals surface area (Å²) in [5.74, 6) is 2.37. The molecule has 0 saturated carbocycles. The molecule has 0 spiro atoms. The van der Waals surface area contributed by atoms with Gasteiger partial charge in [0.1, 0.15) is 0 Å². The minimum Gasteiger partial charge on any atom is -0.317 e. The van der Waals surface area contributed by atoms with Gasteiger partial charge in [-0.1, -0.05) is 44.2 Å². The van der Waals surface area contributed by atoms with E-state index in [1.54, 1.807) is 0 Å². The molecule has 2 atom stereocenters. The van der Waals surface area contributed by atoms with E-state index >= 15 is 0 Å². The van der Waals surface area contributed by atoms with Crippen molar-refractivity contribution in [2.75, 3.05) is 39.8 Å². The summed E-state index contributed by atoms with van der Waals surface area (Å²) < 4.78 is 0. The Hall–Kier alpha value is -0.610. The summed E-state index contributed by atoms with van der Waals surface area (Å²) in [5, 5.41) is 3.49. The lowest BCUT2D eigenvalue weighted by molar-refractivity contribution is 0.0236. The van der Waals surface area contributed by atoms with Gasteiger partial charge in [0.05, 0.1) is 0 Å². The van der Waals surface area contributed by atoms with E-state index in [4.69, 9.17) is 0 Å². The van der Waals surface area contributed by atoms with Gasteiger partial charge in [-0.2, -0.15) is 0 Å². The van der Waals surface area contributed by atoms with Crippen molar-refractivity contribution in [1.29, 1.82) is 0 Å². The standard InChI is InChI=1S/C21H35N3.ClH/c1-17-13-24(16-19-7-5-4-6-8-19)14-18(2)21(17)23(3)15-20-9-11-22-12-10-20;/h4-8,17-18,20-22H,9-16H2,1-3H3;1H. The van der Waals surface area contributed by atoms with E-state index < -0.39 is 0 Å². The molecule has 0 bridgehead atoms. The van der Waals surface area contributed by atoms with Gasteiger partial charge in [0.25, 0.3) is 0 Å². The molecule has 2 aliphatic rings. The van der Waals surface area contributed by atoms with Gasteiger partial charge >= 0.3 is 0 Å². The monoisotopic (exact) mass is 365 g/mol. The number of halogens is 1. The van der Waals surface area contributed by atoms with Gasteiger partial charge in [-0.05, 0) is 56.3 Å². The van der Waals surface area contributed by atoms with Crippen LogP contribution in [0.25, 0.3) is 0 Å². The zero-order chi connectivity index (χ0) is 16.9. The van der Waals surface area contributed by atoms with Crippen molar-refractivity contribution >= 4 is 12.4 Å². The molecule has 25 heavy (non-hydrogen) atoms. The first-order valence-electron chi connectivity index (χ1n) is 9.80. The molecular weight excluding hydrogens is 330 g/mol. The average molecular weight is 366 g/mol. The van der Waals surface area contributed by atoms with E-state index in [1.165, 1.54) is 51.1 Å². The molecule has 0 aromatic heterocycles. The van der Waals surface area contributed by atoms with Gasteiger partial charge in [-0.25, -0.2) is 0 Å². The van der Waals surface area contributed by atoms with Crippen LogP contribution in [0.15, 0.2) is 30.3 Å². The van der Waals surface area contributed by atoms with Gasteiger partial charge in [0.2, 0.25) is 0 Å². The highest BCUT2D eigenvalue weighted by atomic mass is 35.5. The first-order chi connectivity index (χ1) is 11.6. The van der Waals surface area contributed by atoms with E-state index in [1.807, 2.05) is 0 Å². The van der Waals surface area contributed by atoms with Crippen molar-refractivity contribution < 1.29 is 0 Å². The summed E-state index contributed by atoms with van der Waals surface area (Å²) in [4.78, 5) is 5.34. The van der Waals surface area contributed by atoms with Gasteiger partial charge < -0.3 is 10.2 Å². The maximum Gasteiger partial charge on any atom is 0.0233 e. The molecule has 2 aliphatic heterocycles. The number of nitrogens with zero attached hydrogens (tertiary/aromatic N) is 2. The fourth-order valence-electron chi connectivity index (χ4n) is 5.10. The molecule has 2 unspecified atom stereocenters. The molecule has 0 aliphatic carbocycles. The van der Waals surface area contributed by atoms with Gasteiger partial charge in [0.15, 0.2) is 0 Å². The predicted molar refractivity (Wildman–Crippen MR) is 109 cm³/mol. The van der Waals surface area contributed by atoms with E-state index in [2.05, 4.69) is 66.3 Å². The second kappa shape index (κ2) is 9.91. The van der Waals surface area contributed by atoms with E-state index in [0.29, 0.717) is 0 Å². The number of benzene rings is 1. The zero-order valence-corrected chi connectivity index (χ0v) is 17.0. The number of hydrogen-bond acceptors (Lipinski definition) is 3. The van der Waals surface area contributed by atoms with Gasteiger partial charge in [-0.15, -0.1) is 12.4 Å². The Morgan fingerprint density at radius 1 is 1.04 bits per heavy atom. The quantitative estimate of drug-likeness (QED) is 0.861. The maximum atomic E-state index is 3.49. The van der Waals surface area contributed by atoms with Crippen LogP contribution in [0.1, 0.15) is 32.3 Å². The van der Waals surface area contributed by atoms with Crippen LogP contribution in [-0.2, 0) is 6.54 Å². The lowest BCUT2D eigenvalue weighted by Crippen LogP contribution is -2.54. The summed E-state index contributed by atoms with van der Waals surface area (Å²) in [6.45, 7) is 12.1. The fourth-order valence-corrected chi connectivity index (χ4v) is 5.10. The number of hydrogen-bond donors (Lipinski definition) is 1. The fraction of sp³-hybridized carbons (Fsp3) is 0.714. The summed E-state index contributed by atoms with van der Waals surface area (Å²) in [7, 11) is 2.37. The van der Waals surface area contributed by atoms with Gasteiger partial charge in [0, 0.05) is 32.2 Å². The van der Waals surface area contributed by atoms with Crippen LogP contribution < -0.4 is 5.32 Å². The van der Waals surface area contributed by atoms with Crippen LogP contribution in [0.4, 0.5) is 0 Å². The van der Waals surface area contributed by atoms with Crippen LogP contribution in [-0.4, -0.2) is 55.6 Å². The normalized spacial score (nSPS) is 28.7. The third-order valence-electron chi connectivity index (χ3n) is 6.02. The number of piperidine rings is 2. The molecule has 3 rings (SSSR count). The summed E-state index contributed by atoms with van der Waals surface area (Å²) in [5.41, 5.74) is 1.44. The molecule has 1 aromatic carbocycles. The summed E-state index contributed by atoms with van der Waals surface area (Å²) in [6.07, 6.45) is 2.69. The molecule has 2 fully saturated rings. The molecule has 2 heterocycles. The Morgan fingerprint density at radius 2 is 1.64 bits per heavy atom. The van der Waals surface area contributed by atoms with Crippen LogP contribution in [0.3, 0.4) is 0 Å². The van der Waals surface area contributed by atoms with Crippen molar-refractivity contribution in [3.8, 4) is 0 Å². The van der Waals surface area contributed by atoms with Crippen LogP contribution in [0, 0.1) is 17.8 Å². The first-order valence-corrected chi connectivity index (χ1v) is 9.80. The predicted octanol–water partition coefficient (Wildman–Crippen LogP) is 3.50. The largest absolute Gasteiger partial charge is 0.317 e. The molecule has 4 heteroatoms. The van der Waals surface area contributed by atoms with Crippen LogP contribution >= 0.6 is 12.4 Å². The second-order valence-electron chi connectivity index (χ2n) is 8.26. The van der Waals surface area contributed by atoms with Crippen molar-refractivity contribution in [2.24, 2.45) is 17.8 Å². The Balaban J connectivity index is 0.00000225. The minimum atomic E-state index is 0. The third-order valence-corrected chi connectivity index (χ3v) is 6.02. The molecule has 142 valence electrons. The van der Waals surface area contributed by atoms with Crippen molar-refractivity contribution in [3.05, 3.63) is 35.9 Å². The van der Waals surface area contributed by atoms with E-state index in [9.17, 15) is 0 Å². The van der Waals surface area contributed by atoms with Gasteiger partial charge in [-0.3, -0.25) is 4.90 Å². The smallest absolute Gasteiger partial charge is 0.0233 e. The zero-order valence-electron chi connectivity index (χ0n) is 16.2. The lowest BCUT2D eigenvalue weighted by Gasteiger charge is -2.46. The highest BCUT2D eigenvalue weighted by Crippen LogP contribution is 2.28. The summed E-state index contributed by atoms with van der Waals surface area (Å²) >= 11 is 0. The van der Waals surface area contributed by atoms with Crippen molar-refractivity contribution in [2.45, 2.75) is 39.3 Å². The third kappa shape index (κ3) is 5.68. The summed E-state index contributed by atoms with van der Waals surface area (Å²) in [6, 6.07) is 11.7. The molecule has 1 N–H and O–H groups in total. The molecule has 0 radical (unpaired) electrons. The SMILES string of the molecule is CC1CN(Cc2ccccc2)CC(C)C1N(C)CC1CCNCC1.Cl. The van der Waals surface area contributed by atoms with Crippen LogP contribution in [0.5, 0.6) is 0 Å². The first kappa shape index (κ1) is 20.7. The molecule has 3 nitrogen and oxygen atoms in total. The Labute approximate surface area is 160 Å². The Bertz CT molecular complexity index is 477. The highest BCUT2D eigenvalue weighted by Gasteiger charge is 2.35. The molecular formula is C21H36ClN3.